The van der Waals surface area contributed by atoms with Crippen LogP contribution in [-0.2, 0) is 0 Å². The molecule has 2 fully saturated rings. The molecule has 2 aliphatic rings. The fourth-order valence-electron chi connectivity index (χ4n) is 2.92. The van der Waals surface area contributed by atoms with Gasteiger partial charge in [-0.2, -0.15) is 0 Å². The van der Waals surface area contributed by atoms with Gasteiger partial charge in [0.05, 0.1) is 5.56 Å². The average molecular weight is 355 g/mol. The van der Waals surface area contributed by atoms with E-state index in [-0.39, 0.29) is 11.7 Å². The summed E-state index contributed by atoms with van der Waals surface area (Å²) in [7, 11) is 0. The molecule has 1 saturated heterocycles. The van der Waals surface area contributed by atoms with Crippen LogP contribution in [0.4, 0.5) is 4.39 Å². The average Bonchev–Trinajstić information content (AvgIpc) is 3.30. The predicted molar refractivity (Wildman–Crippen MR) is 83.8 cm³/mol. The van der Waals surface area contributed by atoms with Gasteiger partial charge in [-0.1, -0.05) is 6.42 Å². The van der Waals surface area contributed by atoms with E-state index in [9.17, 15) is 9.18 Å². The molecular weight excluding hydrogens is 335 g/mol. The van der Waals surface area contributed by atoms with Crippen LogP contribution in [0.15, 0.2) is 22.7 Å². The fraction of sp³-hybridized carbons (Fsp3) is 0.562. The zero-order valence-corrected chi connectivity index (χ0v) is 13.5. The van der Waals surface area contributed by atoms with Gasteiger partial charge in [-0.3, -0.25) is 4.79 Å². The number of amides is 1. The highest BCUT2D eigenvalue weighted by Gasteiger charge is 2.35. The summed E-state index contributed by atoms with van der Waals surface area (Å²) < 4.78 is 13.7. The van der Waals surface area contributed by atoms with Gasteiger partial charge in [0.25, 0.3) is 5.91 Å². The van der Waals surface area contributed by atoms with Gasteiger partial charge in [0, 0.05) is 23.1 Å². The van der Waals surface area contributed by atoms with E-state index in [0.717, 1.165) is 32.4 Å². The molecule has 5 heteroatoms. The van der Waals surface area contributed by atoms with Crippen LogP contribution in [0, 0.1) is 5.82 Å². The number of hydrogen-bond donors (Lipinski definition) is 1. The highest BCUT2D eigenvalue weighted by atomic mass is 79.9. The molecule has 1 atom stereocenters. The van der Waals surface area contributed by atoms with Crippen molar-refractivity contribution >= 4 is 21.8 Å². The first-order valence-electron chi connectivity index (χ1n) is 7.64. The van der Waals surface area contributed by atoms with E-state index in [2.05, 4.69) is 21.2 Å². The Bertz CT molecular complexity index is 527. The molecule has 3 nitrogen and oxygen atoms in total. The number of hydrogen-bond acceptors (Lipinski definition) is 2. The molecule has 1 aliphatic heterocycles. The van der Waals surface area contributed by atoms with Gasteiger partial charge < -0.3 is 10.2 Å². The minimum Gasteiger partial charge on any atom is -0.334 e. The van der Waals surface area contributed by atoms with E-state index < -0.39 is 0 Å². The lowest BCUT2D eigenvalue weighted by molar-refractivity contribution is 0.0717. The number of carbonyl (C=O) groups excluding carboxylic acids is 1. The SMILES string of the molecule is O=C(c1ccc(F)cc1Br)N(CC1CCCCN1)C1CC1. The lowest BCUT2D eigenvalue weighted by Crippen LogP contribution is -2.46. The van der Waals surface area contributed by atoms with Gasteiger partial charge in [0.2, 0.25) is 0 Å². The van der Waals surface area contributed by atoms with Crippen molar-refractivity contribution in [1.82, 2.24) is 10.2 Å². The van der Waals surface area contributed by atoms with Gasteiger partial charge in [-0.25, -0.2) is 4.39 Å². The lowest BCUT2D eigenvalue weighted by atomic mass is 10.0. The highest BCUT2D eigenvalue weighted by molar-refractivity contribution is 9.10. The smallest absolute Gasteiger partial charge is 0.255 e. The topological polar surface area (TPSA) is 32.3 Å². The molecule has 114 valence electrons. The normalized spacial score (nSPS) is 22.1. The monoisotopic (exact) mass is 354 g/mol. The second-order valence-corrected chi connectivity index (χ2v) is 6.81. The molecule has 21 heavy (non-hydrogen) atoms. The Morgan fingerprint density at radius 3 is 2.76 bits per heavy atom. The maximum Gasteiger partial charge on any atom is 0.255 e. The maximum atomic E-state index is 13.2. The Kier molecular flexibility index (Phi) is 4.60. The van der Waals surface area contributed by atoms with Crippen LogP contribution in [0.5, 0.6) is 0 Å². The summed E-state index contributed by atoms with van der Waals surface area (Å²) in [4.78, 5) is 14.8. The van der Waals surface area contributed by atoms with Gasteiger partial charge >= 0.3 is 0 Å². The molecule has 0 radical (unpaired) electrons. The van der Waals surface area contributed by atoms with Crippen LogP contribution in [0.25, 0.3) is 0 Å². The van der Waals surface area contributed by atoms with Crippen molar-refractivity contribution in [2.75, 3.05) is 13.1 Å². The summed E-state index contributed by atoms with van der Waals surface area (Å²) in [6.07, 6.45) is 5.73. The molecule has 1 aromatic rings. The number of halogens is 2. The third-order valence-corrected chi connectivity index (χ3v) is 4.90. The summed E-state index contributed by atoms with van der Waals surface area (Å²) in [6, 6.07) is 5.03. The molecule has 1 unspecified atom stereocenters. The fourth-order valence-corrected chi connectivity index (χ4v) is 3.44. The van der Waals surface area contributed by atoms with Crippen molar-refractivity contribution in [2.45, 2.75) is 44.2 Å². The van der Waals surface area contributed by atoms with Gasteiger partial charge in [0.15, 0.2) is 0 Å². The first kappa shape index (κ1) is 15.0. The molecule has 1 saturated carbocycles. The van der Waals surface area contributed by atoms with Crippen LogP contribution < -0.4 is 5.32 Å². The van der Waals surface area contributed by atoms with Crippen LogP contribution in [-0.4, -0.2) is 36.0 Å². The molecule has 0 bridgehead atoms. The number of carbonyl (C=O) groups is 1. The molecule has 0 aromatic heterocycles. The Labute approximate surface area is 133 Å². The summed E-state index contributed by atoms with van der Waals surface area (Å²) >= 11 is 3.31. The summed E-state index contributed by atoms with van der Waals surface area (Å²) in [5.41, 5.74) is 0.555. The Morgan fingerprint density at radius 2 is 2.14 bits per heavy atom. The van der Waals surface area contributed by atoms with Crippen LogP contribution in [0.2, 0.25) is 0 Å². The van der Waals surface area contributed by atoms with Crippen molar-refractivity contribution in [1.29, 1.82) is 0 Å². The van der Waals surface area contributed by atoms with E-state index in [1.165, 1.54) is 25.0 Å². The molecular formula is C16H20BrFN2O. The van der Waals surface area contributed by atoms with Crippen molar-refractivity contribution in [3.63, 3.8) is 0 Å². The molecule has 1 N–H and O–H groups in total. The number of benzene rings is 1. The third-order valence-electron chi connectivity index (χ3n) is 4.24. The van der Waals surface area contributed by atoms with Gasteiger partial charge in [-0.15, -0.1) is 0 Å². The Hall–Kier alpha value is -0.940. The van der Waals surface area contributed by atoms with Crippen molar-refractivity contribution in [3.8, 4) is 0 Å². The minimum absolute atomic E-state index is 0.0109. The molecule has 1 aromatic carbocycles. The summed E-state index contributed by atoms with van der Waals surface area (Å²) in [5, 5.41) is 3.50. The number of nitrogens with one attached hydrogen (secondary N) is 1. The Morgan fingerprint density at radius 1 is 1.33 bits per heavy atom. The largest absolute Gasteiger partial charge is 0.334 e. The molecule has 1 heterocycles. The standard InChI is InChI=1S/C16H20BrFN2O/c17-15-9-11(18)4-7-14(15)16(21)20(13-5-6-13)10-12-3-1-2-8-19-12/h4,7,9,12-13,19H,1-3,5-6,8,10H2. The number of piperidine rings is 1. The second kappa shape index (κ2) is 6.44. The van der Waals surface area contributed by atoms with Gasteiger partial charge in [0.1, 0.15) is 5.82 Å². The van der Waals surface area contributed by atoms with E-state index in [1.54, 1.807) is 6.07 Å². The second-order valence-electron chi connectivity index (χ2n) is 5.96. The zero-order chi connectivity index (χ0) is 14.8. The van der Waals surface area contributed by atoms with Gasteiger partial charge in [-0.05, 0) is 66.4 Å². The summed E-state index contributed by atoms with van der Waals surface area (Å²) in [5.74, 6) is -0.318. The highest BCUT2D eigenvalue weighted by Crippen LogP contribution is 2.30. The van der Waals surface area contributed by atoms with Crippen molar-refractivity contribution in [2.24, 2.45) is 0 Å². The molecule has 1 amide bonds. The van der Waals surface area contributed by atoms with Crippen LogP contribution in [0.3, 0.4) is 0 Å². The minimum atomic E-state index is -0.328. The number of rotatable bonds is 4. The number of nitrogens with zero attached hydrogens (tertiary/aromatic N) is 1. The molecule has 0 spiro atoms. The summed E-state index contributed by atoms with van der Waals surface area (Å²) in [6.45, 7) is 1.80. The Balaban J connectivity index is 1.75. The molecule has 1 aliphatic carbocycles. The van der Waals surface area contributed by atoms with Crippen LogP contribution >= 0.6 is 15.9 Å². The van der Waals surface area contributed by atoms with Crippen molar-refractivity contribution in [3.05, 3.63) is 34.1 Å². The molecule has 3 rings (SSSR count). The van der Waals surface area contributed by atoms with E-state index in [4.69, 9.17) is 0 Å². The first-order chi connectivity index (χ1) is 10.1. The van der Waals surface area contributed by atoms with E-state index >= 15 is 0 Å². The third kappa shape index (κ3) is 3.64. The van der Waals surface area contributed by atoms with Crippen molar-refractivity contribution < 1.29 is 9.18 Å². The van der Waals surface area contributed by atoms with E-state index in [1.807, 2.05) is 4.90 Å². The quantitative estimate of drug-likeness (QED) is 0.899. The lowest BCUT2D eigenvalue weighted by Gasteiger charge is -2.31. The maximum absolute atomic E-state index is 13.2. The van der Waals surface area contributed by atoms with E-state index in [0.29, 0.717) is 22.1 Å². The first-order valence-corrected chi connectivity index (χ1v) is 8.44. The predicted octanol–water partition coefficient (Wildman–Crippen LogP) is 3.33. The zero-order valence-electron chi connectivity index (χ0n) is 11.9. The van der Waals surface area contributed by atoms with Crippen LogP contribution in [0.1, 0.15) is 42.5 Å².